The van der Waals surface area contributed by atoms with Crippen molar-refractivity contribution in [2.45, 2.75) is 18.6 Å². The third-order valence-electron chi connectivity index (χ3n) is 4.09. The Bertz CT molecular complexity index is 973. The highest BCUT2D eigenvalue weighted by Crippen LogP contribution is 2.36. The molecule has 3 aromatic rings. The lowest BCUT2D eigenvalue weighted by Gasteiger charge is -2.13. The van der Waals surface area contributed by atoms with Crippen LogP contribution in [0.25, 0.3) is 22.5 Å². The Labute approximate surface area is 172 Å². The molecule has 0 fully saturated rings. The zero-order chi connectivity index (χ0) is 20.1. The minimum atomic E-state index is -0.283. The van der Waals surface area contributed by atoms with Gasteiger partial charge < -0.3 is 9.88 Å². The van der Waals surface area contributed by atoms with Gasteiger partial charge in [0.25, 0.3) is 0 Å². The fourth-order valence-electron chi connectivity index (χ4n) is 2.91. The highest BCUT2D eigenvalue weighted by molar-refractivity contribution is 7.98. The van der Waals surface area contributed by atoms with Crippen LogP contribution in [0.5, 0.6) is 0 Å². The maximum absolute atomic E-state index is 13.4. The molecule has 0 atom stereocenters. The van der Waals surface area contributed by atoms with Crippen molar-refractivity contribution < 1.29 is 9.18 Å². The average molecular weight is 417 g/mol. The summed E-state index contributed by atoms with van der Waals surface area (Å²) in [6, 6.07) is 10.1. The summed E-state index contributed by atoms with van der Waals surface area (Å²) in [4.78, 5) is 20.5. The molecule has 2 heterocycles. The van der Waals surface area contributed by atoms with Crippen LogP contribution in [0.2, 0.25) is 0 Å². The zero-order valence-electron chi connectivity index (χ0n) is 15.9. The van der Waals surface area contributed by atoms with Gasteiger partial charge in [0.2, 0.25) is 5.91 Å². The number of imidazole rings is 1. The smallest absolute Gasteiger partial charge is 0.222 e. The molecular formula is C20H21FN4OS2. The molecule has 2 aromatic heterocycles. The van der Waals surface area contributed by atoms with Gasteiger partial charge in [0.05, 0.1) is 11.4 Å². The molecule has 1 N–H and O–H groups in total. The average Bonchev–Trinajstić information content (AvgIpc) is 3.05. The molecule has 0 aliphatic carbocycles. The topological polar surface area (TPSA) is 59.8 Å². The van der Waals surface area contributed by atoms with Crippen molar-refractivity contribution >= 4 is 35.2 Å². The summed E-state index contributed by atoms with van der Waals surface area (Å²) in [5, 5.41) is 3.62. The second kappa shape index (κ2) is 9.25. The van der Waals surface area contributed by atoms with E-state index >= 15 is 0 Å². The van der Waals surface area contributed by atoms with E-state index < -0.39 is 0 Å². The van der Waals surface area contributed by atoms with Crippen LogP contribution < -0.4 is 5.32 Å². The third kappa shape index (κ3) is 4.56. The number of nitrogens with one attached hydrogen (secondary N) is 1. The Balaban J connectivity index is 2.19. The van der Waals surface area contributed by atoms with Gasteiger partial charge in [-0.15, -0.1) is 0 Å². The minimum Gasteiger partial charge on any atom is -0.318 e. The summed E-state index contributed by atoms with van der Waals surface area (Å²) >= 11 is 3.33. The molecule has 8 heteroatoms. The van der Waals surface area contributed by atoms with Gasteiger partial charge in [0.15, 0.2) is 5.16 Å². The molecule has 1 amide bonds. The minimum absolute atomic E-state index is 0.177. The fourth-order valence-corrected chi connectivity index (χ4v) is 3.86. The molecule has 146 valence electrons. The number of hydrogen-bond acceptors (Lipinski definition) is 5. The number of amides is 1. The molecule has 0 saturated carbocycles. The first kappa shape index (κ1) is 20.4. The number of thioether (sulfide) groups is 2. The Morgan fingerprint density at radius 2 is 1.93 bits per heavy atom. The molecule has 0 aliphatic heterocycles. The maximum atomic E-state index is 13.4. The summed E-state index contributed by atoms with van der Waals surface area (Å²) in [6.07, 6.45) is 5.72. The van der Waals surface area contributed by atoms with Gasteiger partial charge in [-0.25, -0.2) is 14.4 Å². The fraction of sp³-hybridized carbons (Fsp3) is 0.250. The number of rotatable bonds is 7. The van der Waals surface area contributed by atoms with E-state index in [4.69, 9.17) is 4.98 Å². The van der Waals surface area contributed by atoms with E-state index in [1.165, 1.54) is 19.1 Å². The van der Waals surface area contributed by atoms with Crippen molar-refractivity contribution in [2.75, 3.05) is 23.6 Å². The van der Waals surface area contributed by atoms with E-state index in [0.29, 0.717) is 5.82 Å². The van der Waals surface area contributed by atoms with Gasteiger partial charge >= 0.3 is 0 Å². The van der Waals surface area contributed by atoms with Crippen LogP contribution in [0.1, 0.15) is 6.92 Å². The summed E-state index contributed by atoms with van der Waals surface area (Å²) in [7, 11) is 0. The van der Waals surface area contributed by atoms with E-state index in [0.717, 1.165) is 40.0 Å². The van der Waals surface area contributed by atoms with Crippen LogP contribution in [0.15, 0.2) is 47.8 Å². The van der Waals surface area contributed by atoms with Crippen LogP contribution in [0, 0.1) is 5.82 Å². The Morgan fingerprint density at radius 1 is 1.18 bits per heavy atom. The number of carbonyl (C=O) groups is 1. The highest BCUT2D eigenvalue weighted by atomic mass is 32.2. The van der Waals surface area contributed by atoms with E-state index in [1.807, 2.05) is 18.4 Å². The Hall–Kier alpha value is -2.32. The van der Waals surface area contributed by atoms with Crippen LogP contribution in [-0.4, -0.2) is 38.7 Å². The van der Waals surface area contributed by atoms with Gasteiger partial charge in [0, 0.05) is 36.5 Å². The lowest BCUT2D eigenvalue weighted by molar-refractivity contribution is -0.114. The summed E-state index contributed by atoms with van der Waals surface area (Å²) in [5.41, 5.74) is 3.45. The normalized spacial score (nSPS) is 10.9. The first-order valence-electron chi connectivity index (χ1n) is 8.67. The van der Waals surface area contributed by atoms with Gasteiger partial charge in [-0.1, -0.05) is 11.8 Å². The third-order valence-corrected chi connectivity index (χ3v) is 5.36. The molecule has 0 spiro atoms. The first-order chi connectivity index (χ1) is 13.5. The lowest BCUT2D eigenvalue weighted by Crippen LogP contribution is -2.08. The largest absolute Gasteiger partial charge is 0.318 e. The highest BCUT2D eigenvalue weighted by Gasteiger charge is 2.20. The van der Waals surface area contributed by atoms with E-state index in [9.17, 15) is 9.18 Å². The second-order valence-electron chi connectivity index (χ2n) is 6.06. The number of hydrogen-bond donors (Lipinski definition) is 1. The van der Waals surface area contributed by atoms with Crippen LogP contribution >= 0.6 is 23.5 Å². The SMILES string of the molecule is CSCCn1c(SC)nc(-c2ccc(F)cc2)c1-c1ccnc(NC(C)=O)c1. The van der Waals surface area contributed by atoms with E-state index in [-0.39, 0.29) is 11.7 Å². The van der Waals surface area contributed by atoms with Gasteiger partial charge in [-0.05, 0) is 48.9 Å². The molecule has 0 saturated heterocycles. The number of carbonyl (C=O) groups excluding carboxylic acids is 1. The van der Waals surface area contributed by atoms with Crippen molar-refractivity contribution in [3.05, 3.63) is 48.4 Å². The Kier molecular flexibility index (Phi) is 6.74. The quantitative estimate of drug-likeness (QED) is 0.561. The lowest BCUT2D eigenvalue weighted by atomic mass is 10.1. The number of nitrogens with zero attached hydrogens (tertiary/aromatic N) is 3. The van der Waals surface area contributed by atoms with Crippen molar-refractivity contribution in [3.8, 4) is 22.5 Å². The van der Waals surface area contributed by atoms with E-state index in [1.54, 1.807) is 41.9 Å². The first-order valence-corrected chi connectivity index (χ1v) is 11.3. The zero-order valence-corrected chi connectivity index (χ0v) is 17.5. The number of halogens is 1. The van der Waals surface area contributed by atoms with Crippen LogP contribution in [0.3, 0.4) is 0 Å². The van der Waals surface area contributed by atoms with Gasteiger partial charge in [-0.3, -0.25) is 4.79 Å². The number of pyridine rings is 1. The van der Waals surface area contributed by atoms with Crippen molar-refractivity contribution in [2.24, 2.45) is 0 Å². The number of aromatic nitrogens is 3. The van der Waals surface area contributed by atoms with Crippen molar-refractivity contribution in [3.63, 3.8) is 0 Å². The van der Waals surface area contributed by atoms with Crippen molar-refractivity contribution in [1.29, 1.82) is 0 Å². The van der Waals surface area contributed by atoms with Crippen LogP contribution in [0.4, 0.5) is 10.2 Å². The molecule has 28 heavy (non-hydrogen) atoms. The summed E-state index contributed by atoms with van der Waals surface area (Å²) in [6.45, 7) is 2.24. The molecule has 5 nitrogen and oxygen atoms in total. The monoisotopic (exact) mass is 416 g/mol. The summed E-state index contributed by atoms with van der Waals surface area (Å²) in [5.74, 6) is 0.959. The number of anilines is 1. The molecule has 0 aliphatic rings. The van der Waals surface area contributed by atoms with Gasteiger partial charge in [-0.2, -0.15) is 11.8 Å². The molecule has 0 bridgehead atoms. The predicted molar refractivity (Wildman–Crippen MR) is 115 cm³/mol. The second-order valence-corrected chi connectivity index (χ2v) is 7.82. The van der Waals surface area contributed by atoms with Gasteiger partial charge in [0.1, 0.15) is 11.6 Å². The molecule has 3 rings (SSSR count). The molecule has 0 radical (unpaired) electrons. The molecular weight excluding hydrogens is 395 g/mol. The maximum Gasteiger partial charge on any atom is 0.222 e. The summed E-state index contributed by atoms with van der Waals surface area (Å²) < 4.78 is 15.6. The van der Waals surface area contributed by atoms with E-state index in [2.05, 4.69) is 21.1 Å². The number of benzene rings is 1. The molecule has 1 aromatic carbocycles. The standard InChI is InChI=1S/C20H21FN4OS2/c1-13(26)23-17-12-15(8-9-22-17)19-18(14-4-6-16(21)7-5-14)24-20(28-3)25(19)10-11-27-2/h4-9,12H,10-11H2,1-3H3,(H,22,23,26). The molecule has 0 unspecified atom stereocenters. The predicted octanol–water partition coefficient (Wildman–Crippen LogP) is 4.79. The van der Waals surface area contributed by atoms with Crippen LogP contribution in [-0.2, 0) is 11.3 Å². The van der Waals surface area contributed by atoms with Crippen molar-refractivity contribution in [1.82, 2.24) is 14.5 Å². The Morgan fingerprint density at radius 3 is 2.57 bits per heavy atom.